The lowest BCUT2D eigenvalue weighted by Gasteiger charge is -2.19. The van der Waals surface area contributed by atoms with Crippen molar-refractivity contribution in [2.45, 2.75) is 32.7 Å². The van der Waals surface area contributed by atoms with Crippen molar-refractivity contribution in [3.63, 3.8) is 0 Å². The molecule has 1 heterocycles. The van der Waals surface area contributed by atoms with Gasteiger partial charge in [-0.25, -0.2) is 0 Å². The number of aryl methyl sites for hydroxylation is 1. The van der Waals surface area contributed by atoms with Gasteiger partial charge in [0.25, 0.3) is 0 Å². The molecule has 1 rings (SSSR count). The number of rotatable bonds is 2. The SMILES string of the molecule is CC[C@](C)(N)c1ccc(C)o1. The van der Waals surface area contributed by atoms with Gasteiger partial charge in [0.2, 0.25) is 0 Å². The maximum absolute atomic E-state index is 5.96. The van der Waals surface area contributed by atoms with Gasteiger partial charge >= 0.3 is 0 Å². The van der Waals surface area contributed by atoms with Crippen LogP contribution in [0.2, 0.25) is 0 Å². The van der Waals surface area contributed by atoms with Crippen LogP contribution in [0.25, 0.3) is 0 Å². The maximum Gasteiger partial charge on any atom is 0.123 e. The average Bonchev–Trinajstić information content (AvgIpc) is 2.36. The minimum absolute atomic E-state index is 0.311. The molecule has 0 unspecified atom stereocenters. The van der Waals surface area contributed by atoms with E-state index in [1.807, 2.05) is 26.0 Å². The molecule has 0 spiro atoms. The second kappa shape index (κ2) is 2.70. The topological polar surface area (TPSA) is 39.2 Å². The van der Waals surface area contributed by atoms with Crippen molar-refractivity contribution in [3.05, 3.63) is 23.7 Å². The molecule has 2 heteroatoms. The molecule has 11 heavy (non-hydrogen) atoms. The van der Waals surface area contributed by atoms with E-state index in [1.54, 1.807) is 0 Å². The van der Waals surface area contributed by atoms with E-state index in [4.69, 9.17) is 10.2 Å². The van der Waals surface area contributed by atoms with E-state index >= 15 is 0 Å². The van der Waals surface area contributed by atoms with Crippen LogP contribution >= 0.6 is 0 Å². The molecule has 0 aliphatic heterocycles. The molecule has 2 nitrogen and oxygen atoms in total. The molecule has 0 aliphatic rings. The molecule has 0 bridgehead atoms. The Morgan fingerprint density at radius 3 is 2.55 bits per heavy atom. The lowest BCUT2D eigenvalue weighted by Crippen LogP contribution is -2.31. The Bertz CT molecular complexity index is 237. The number of nitrogens with two attached hydrogens (primary N) is 1. The Morgan fingerprint density at radius 2 is 2.18 bits per heavy atom. The first-order chi connectivity index (χ1) is 5.06. The minimum atomic E-state index is -0.311. The van der Waals surface area contributed by atoms with E-state index in [-0.39, 0.29) is 5.54 Å². The van der Waals surface area contributed by atoms with Gasteiger partial charge in [0.15, 0.2) is 0 Å². The van der Waals surface area contributed by atoms with Crippen molar-refractivity contribution in [3.8, 4) is 0 Å². The molecule has 0 fully saturated rings. The van der Waals surface area contributed by atoms with Crippen LogP contribution in [0.1, 0.15) is 31.8 Å². The van der Waals surface area contributed by atoms with Gasteiger partial charge in [-0.15, -0.1) is 0 Å². The molecule has 0 amide bonds. The third-order valence-electron chi connectivity index (χ3n) is 2.04. The molecule has 0 saturated heterocycles. The first-order valence-corrected chi connectivity index (χ1v) is 3.92. The normalized spacial score (nSPS) is 16.4. The van der Waals surface area contributed by atoms with E-state index in [2.05, 4.69) is 6.92 Å². The molecule has 1 atom stereocenters. The van der Waals surface area contributed by atoms with Gasteiger partial charge in [-0.3, -0.25) is 0 Å². The summed E-state index contributed by atoms with van der Waals surface area (Å²) in [6.07, 6.45) is 0.889. The number of furan rings is 1. The van der Waals surface area contributed by atoms with Crippen LogP contribution in [0.4, 0.5) is 0 Å². The van der Waals surface area contributed by atoms with Crippen LogP contribution in [0, 0.1) is 6.92 Å². The Kier molecular flexibility index (Phi) is 2.05. The van der Waals surface area contributed by atoms with Crippen LogP contribution in [0.15, 0.2) is 16.5 Å². The molecule has 62 valence electrons. The highest BCUT2D eigenvalue weighted by atomic mass is 16.3. The molecule has 0 saturated carbocycles. The highest BCUT2D eigenvalue weighted by Crippen LogP contribution is 2.22. The van der Waals surface area contributed by atoms with Gasteiger partial charge < -0.3 is 10.2 Å². The zero-order valence-corrected chi connectivity index (χ0v) is 7.35. The van der Waals surface area contributed by atoms with Crippen molar-refractivity contribution < 1.29 is 4.42 Å². The third-order valence-corrected chi connectivity index (χ3v) is 2.04. The lowest BCUT2D eigenvalue weighted by molar-refractivity contribution is 0.350. The number of hydrogen-bond donors (Lipinski definition) is 1. The highest BCUT2D eigenvalue weighted by Gasteiger charge is 2.21. The van der Waals surface area contributed by atoms with E-state index in [9.17, 15) is 0 Å². The zero-order chi connectivity index (χ0) is 8.48. The molecule has 1 aromatic rings. The fraction of sp³-hybridized carbons (Fsp3) is 0.556. The molecule has 0 radical (unpaired) electrons. The van der Waals surface area contributed by atoms with Crippen LogP contribution < -0.4 is 5.73 Å². The highest BCUT2D eigenvalue weighted by molar-refractivity contribution is 5.13. The van der Waals surface area contributed by atoms with E-state index in [0.717, 1.165) is 17.9 Å². The third kappa shape index (κ3) is 1.63. The van der Waals surface area contributed by atoms with E-state index < -0.39 is 0 Å². The Balaban J connectivity index is 2.92. The van der Waals surface area contributed by atoms with Gasteiger partial charge in [0.05, 0.1) is 5.54 Å². The molecular weight excluding hydrogens is 138 g/mol. The molecular formula is C9H15NO. The smallest absolute Gasteiger partial charge is 0.123 e. The van der Waals surface area contributed by atoms with Crippen molar-refractivity contribution in [2.75, 3.05) is 0 Å². The summed E-state index contributed by atoms with van der Waals surface area (Å²) < 4.78 is 5.41. The summed E-state index contributed by atoms with van der Waals surface area (Å²) in [6, 6.07) is 3.88. The first kappa shape index (κ1) is 8.34. The average molecular weight is 153 g/mol. The summed E-state index contributed by atoms with van der Waals surface area (Å²) in [7, 11) is 0. The van der Waals surface area contributed by atoms with Gasteiger partial charge in [0.1, 0.15) is 11.5 Å². The maximum atomic E-state index is 5.96. The van der Waals surface area contributed by atoms with Crippen LogP contribution in [-0.2, 0) is 5.54 Å². The fourth-order valence-electron chi connectivity index (χ4n) is 0.916. The van der Waals surface area contributed by atoms with E-state index in [1.165, 1.54) is 0 Å². The second-order valence-corrected chi connectivity index (χ2v) is 3.18. The van der Waals surface area contributed by atoms with Crippen molar-refractivity contribution in [1.29, 1.82) is 0 Å². The van der Waals surface area contributed by atoms with E-state index in [0.29, 0.717) is 0 Å². The van der Waals surface area contributed by atoms with Gasteiger partial charge in [-0.2, -0.15) is 0 Å². The lowest BCUT2D eigenvalue weighted by atomic mass is 9.98. The second-order valence-electron chi connectivity index (χ2n) is 3.18. The Hall–Kier alpha value is -0.760. The van der Waals surface area contributed by atoms with Crippen LogP contribution in [0.3, 0.4) is 0 Å². The summed E-state index contributed by atoms with van der Waals surface area (Å²) in [5.74, 6) is 1.79. The predicted molar refractivity (Wildman–Crippen MR) is 45.3 cm³/mol. The fourth-order valence-corrected chi connectivity index (χ4v) is 0.916. The van der Waals surface area contributed by atoms with Gasteiger partial charge in [0, 0.05) is 0 Å². The summed E-state index contributed by atoms with van der Waals surface area (Å²) in [4.78, 5) is 0. The molecule has 0 aromatic carbocycles. The molecule has 1 aromatic heterocycles. The first-order valence-electron chi connectivity index (χ1n) is 3.92. The van der Waals surface area contributed by atoms with Crippen LogP contribution in [-0.4, -0.2) is 0 Å². The summed E-state index contributed by atoms with van der Waals surface area (Å²) in [5.41, 5.74) is 5.65. The Labute approximate surface area is 67.4 Å². The monoisotopic (exact) mass is 153 g/mol. The number of hydrogen-bond acceptors (Lipinski definition) is 2. The predicted octanol–water partition coefficient (Wildman–Crippen LogP) is 2.17. The Morgan fingerprint density at radius 1 is 1.55 bits per heavy atom. The zero-order valence-electron chi connectivity index (χ0n) is 7.35. The quantitative estimate of drug-likeness (QED) is 0.707. The van der Waals surface area contributed by atoms with Crippen molar-refractivity contribution in [1.82, 2.24) is 0 Å². The van der Waals surface area contributed by atoms with Crippen molar-refractivity contribution in [2.24, 2.45) is 5.73 Å². The molecule has 2 N–H and O–H groups in total. The van der Waals surface area contributed by atoms with Crippen LogP contribution in [0.5, 0.6) is 0 Å². The standard InChI is InChI=1S/C9H15NO/c1-4-9(3,10)8-6-5-7(2)11-8/h5-6H,4,10H2,1-3H3/t9-/m0/s1. The van der Waals surface area contributed by atoms with Crippen molar-refractivity contribution >= 4 is 0 Å². The molecule has 0 aliphatic carbocycles. The van der Waals surface area contributed by atoms with Gasteiger partial charge in [-0.05, 0) is 32.4 Å². The summed E-state index contributed by atoms with van der Waals surface area (Å²) in [5, 5.41) is 0. The minimum Gasteiger partial charge on any atom is -0.464 e. The summed E-state index contributed by atoms with van der Waals surface area (Å²) in [6.45, 7) is 5.96. The summed E-state index contributed by atoms with van der Waals surface area (Å²) >= 11 is 0. The van der Waals surface area contributed by atoms with Gasteiger partial charge in [-0.1, -0.05) is 6.92 Å². The largest absolute Gasteiger partial charge is 0.464 e.